The zero-order valence-corrected chi connectivity index (χ0v) is 10.7. The first-order valence-corrected chi connectivity index (χ1v) is 5.86. The SMILES string of the molecule is CC(CN(C)C(=O)CCc1cccnc1)C(=O)O. The first-order valence-electron chi connectivity index (χ1n) is 5.86. The molecule has 0 fully saturated rings. The summed E-state index contributed by atoms with van der Waals surface area (Å²) >= 11 is 0. The van der Waals surface area contributed by atoms with Crippen molar-refractivity contribution in [3.8, 4) is 0 Å². The molecular weight excluding hydrogens is 232 g/mol. The molecule has 0 aliphatic heterocycles. The van der Waals surface area contributed by atoms with E-state index in [2.05, 4.69) is 4.98 Å². The summed E-state index contributed by atoms with van der Waals surface area (Å²) in [6.45, 7) is 1.83. The van der Waals surface area contributed by atoms with Gasteiger partial charge in [0.2, 0.25) is 5.91 Å². The molecule has 1 atom stereocenters. The standard InChI is InChI=1S/C13H18N2O3/c1-10(13(17)18)9-15(2)12(16)6-5-11-4-3-7-14-8-11/h3-4,7-8,10H,5-6,9H2,1-2H3,(H,17,18). The van der Waals surface area contributed by atoms with E-state index < -0.39 is 11.9 Å². The van der Waals surface area contributed by atoms with Crippen molar-refractivity contribution in [2.45, 2.75) is 19.8 Å². The highest BCUT2D eigenvalue weighted by Crippen LogP contribution is 2.05. The molecule has 1 N–H and O–H groups in total. The number of hydrogen-bond donors (Lipinski definition) is 1. The molecular formula is C13H18N2O3. The van der Waals surface area contributed by atoms with E-state index in [4.69, 9.17) is 5.11 Å². The van der Waals surface area contributed by atoms with Crippen molar-refractivity contribution >= 4 is 11.9 Å². The highest BCUT2D eigenvalue weighted by Gasteiger charge is 2.17. The van der Waals surface area contributed by atoms with Crippen molar-refractivity contribution < 1.29 is 14.7 Å². The zero-order chi connectivity index (χ0) is 13.5. The molecule has 0 aromatic carbocycles. The predicted molar refractivity (Wildman–Crippen MR) is 67.0 cm³/mol. The first kappa shape index (κ1) is 14.2. The number of carbonyl (C=O) groups excluding carboxylic acids is 1. The summed E-state index contributed by atoms with van der Waals surface area (Å²) in [4.78, 5) is 27.9. The molecule has 5 heteroatoms. The number of amides is 1. The highest BCUT2D eigenvalue weighted by molar-refractivity contribution is 5.77. The lowest BCUT2D eigenvalue weighted by atomic mass is 10.1. The summed E-state index contributed by atoms with van der Waals surface area (Å²) in [5.41, 5.74) is 1.01. The van der Waals surface area contributed by atoms with Crippen LogP contribution in [-0.4, -0.2) is 40.5 Å². The summed E-state index contributed by atoms with van der Waals surface area (Å²) in [5, 5.41) is 8.77. The highest BCUT2D eigenvalue weighted by atomic mass is 16.4. The largest absolute Gasteiger partial charge is 0.481 e. The minimum atomic E-state index is -0.887. The molecule has 98 valence electrons. The van der Waals surface area contributed by atoms with Crippen LogP contribution in [0.2, 0.25) is 0 Å². The third-order valence-electron chi connectivity index (χ3n) is 2.75. The van der Waals surface area contributed by atoms with E-state index >= 15 is 0 Å². The number of rotatable bonds is 6. The van der Waals surface area contributed by atoms with Gasteiger partial charge in [0, 0.05) is 32.4 Å². The number of aromatic nitrogens is 1. The van der Waals surface area contributed by atoms with Gasteiger partial charge in [0.25, 0.3) is 0 Å². The fraction of sp³-hybridized carbons (Fsp3) is 0.462. The Morgan fingerprint density at radius 1 is 1.50 bits per heavy atom. The van der Waals surface area contributed by atoms with Gasteiger partial charge < -0.3 is 10.0 Å². The molecule has 1 aromatic heterocycles. The molecule has 1 unspecified atom stereocenters. The van der Waals surface area contributed by atoms with Gasteiger partial charge in [-0.2, -0.15) is 0 Å². The predicted octanol–water partition coefficient (Wildman–Crippen LogP) is 1.19. The molecule has 1 rings (SSSR count). The number of aryl methyl sites for hydroxylation is 1. The molecule has 1 aromatic rings. The van der Waals surface area contributed by atoms with Gasteiger partial charge in [0.15, 0.2) is 0 Å². The summed E-state index contributed by atoms with van der Waals surface area (Å²) in [6.07, 6.45) is 4.41. The summed E-state index contributed by atoms with van der Waals surface area (Å²) in [5.74, 6) is -1.48. The van der Waals surface area contributed by atoms with E-state index in [1.54, 1.807) is 26.4 Å². The van der Waals surface area contributed by atoms with Crippen molar-refractivity contribution in [2.75, 3.05) is 13.6 Å². The maximum absolute atomic E-state index is 11.8. The molecule has 0 aliphatic rings. The Kier molecular flexibility index (Phi) is 5.30. The van der Waals surface area contributed by atoms with Gasteiger partial charge in [-0.05, 0) is 18.1 Å². The second-order valence-corrected chi connectivity index (χ2v) is 4.37. The Labute approximate surface area is 106 Å². The lowest BCUT2D eigenvalue weighted by Crippen LogP contribution is -2.33. The van der Waals surface area contributed by atoms with Crippen molar-refractivity contribution in [3.63, 3.8) is 0 Å². The molecule has 0 spiro atoms. The van der Waals surface area contributed by atoms with Crippen LogP contribution in [0.15, 0.2) is 24.5 Å². The van der Waals surface area contributed by atoms with Gasteiger partial charge in [0.1, 0.15) is 0 Å². The average molecular weight is 250 g/mol. The van der Waals surface area contributed by atoms with Crippen molar-refractivity contribution in [3.05, 3.63) is 30.1 Å². The Balaban J connectivity index is 2.39. The van der Waals surface area contributed by atoms with Crippen molar-refractivity contribution in [1.82, 2.24) is 9.88 Å². The van der Waals surface area contributed by atoms with Crippen LogP contribution in [0.5, 0.6) is 0 Å². The lowest BCUT2D eigenvalue weighted by Gasteiger charge is -2.19. The fourth-order valence-corrected chi connectivity index (χ4v) is 1.58. The van der Waals surface area contributed by atoms with E-state index in [9.17, 15) is 9.59 Å². The van der Waals surface area contributed by atoms with E-state index in [0.717, 1.165) is 5.56 Å². The molecule has 0 saturated heterocycles. The maximum Gasteiger partial charge on any atom is 0.308 e. The van der Waals surface area contributed by atoms with Crippen LogP contribution < -0.4 is 0 Å². The number of carboxylic acids is 1. The van der Waals surface area contributed by atoms with Gasteiger partial charge >= 0.3 is 5.97 Å². The molecule has 0 aliphatic carbocycles. The number of nitrogens with zero attached hydrogens (tertiary/aromatic N) is 2. The minimum absolute atomic E-state index is 0.0491. The molecule has 18 heavy (non-hydrogen) atoms. The quantitative estimate of drug-likeness (QED) is 0.823. The van der Waals surface area contributed by atoms with Crippen LogP contribution in [-0.2, 0) is 16.0 Å². The number of pyridine rings is 1. The van der Waals surface area contributed by atoms with Crippen LogP contribution in [0, 0.1) is 5.92 Å². The monoisotopic (exact) mass is 250 g/mol. The van der Waals surface area contributed by atoms with Crippen LogP contribution in [0.4, 0.5) is 0 Å². The Morgan fingerprint density at radius 2 is 2.22 bits per heavy atom. The molecule has 1 heterocycles. The number of aliphatic carboxylic acids is 1. The van der Waals surface area contributed by atoms with Crippen molar-refractivity contribution in [1.29, 1.82) is 0 Å². The third kappa shape index (κ3) is 4.53. The van der Waals surface area contributed by atoms with Crippen LogP contribution >= 0.6 is 0 Å². The van der Waals surface area contributed by atoms with Crippen LogP contribution in [0.3, 0.4) is 0 Å². The Bertz CT molecular complexity index is 406. The molecule has 0 saturated carbocycles. The normalized spacial score (nSPS) is 11.9. The Morgan fingerprint density at radius 3 is 2.78 bits per heavy atom. The Hall–Kier alpha value is -1.91. The van der Waals surface area contributed by atoms with Gasteiger partial charge in [-0.3, -0.25) is 14.6 Å². The third-order valence-corrected chi connectivity index (χ3v) is 2.75. The summed E-state index contributed by atoms with van der Waals surface area (Å²) in [6, 6.07) is 3.75. The minimum Gasteiger partial charge on any atom is -0.481 e. The van der Waals surface area contributed by atoms with Gasteiger partial charge in [0.05, 0.1) is 5.92 Å². The second-order valence-electron chi connectivity index (χ2n) is 4.37. The van der Waals surface area contributed by atoms with E-state index in [1.165, 1.54) is 4.90 Å². The summed E-state index contributed by atoms with van der Waals surface area (Å²) < 4.78 is 0. The first-order chi connectivity index (χ1) is 8.50. The van der Waals surface area contributed by atoms with E-state index in [0.29, 0.717) is 12.8 Å². The van der Waals surface area contributed by atoms with Gasteiger partial charge in [-0.15, -0.1) is 0 Å². The van der Waals surface area contributed by atoms with Gasteiger partial charge in [-0.25, -0.2) is 0 Å². The molecule has 1 amide bonds. The van der Waals surface area contributed by atoms with Crippen LogP contribution in [0.25, 0.3) is 0 Å². The number of carboxylic acid groups (broad SMARTS) is 1. The fourth-order valence-electron chi connectivity index (χ4n) is 1.58. The lowest BCUT2D eigenvalue weighted by molar-refractivity contribution is -0.142. The number of hydrogen-bond acceptors (Lipinski definition) is 3. The molecule has 0 radical (unpaired) electrons. The van der Waals surface area contributed by atoms with Crippen molar-refractivity contribution in [2.24, 2.45) is 5.92 Å². The average Bonchev–Trinajstić information content (AvgIpc) is 2.36. The summed E-state index contributed by atoms with van der Waals surface area (Å²) in [7, 11) is 1.63. The molecule has 5 nitrogen and oxygen atoms in total. The van der Waals surface area contributed by atoms with E-state index in [-0.39, 0.29) is 12.5 Å². The maximum atomic E-state index is 11.8. The zero-order valence-electron chi connectivity index (χ0n) is 10.7. The number of carbonyl (C=O) groups is 2. The van der Waals surface area contributed by atoms with Crippen LogP contribution in [0.1, 0.15) is 18.9 Å². The second kappa shape index (κ2) is 6.74. The van der Waals surface area contributed by atoms with E-state index in [1.807, 2.05) is 12.1 Å². The molecule has 0 bridgehead atoms. The van der Waals surface area contributed by atoms with Gasteiger partial charge in [-0.1, -0.05) is 13.0 Å². The smallest absolute Gasteiger partial charge is 0.308 e. The topological polar surface area (TPSA) is 70.5 Å².